The monoisotopic (exact) mass is 727 g/mol. The van der Waals surface area contributed by atoms with E-state index in [1.54, 1.807) is 0 Å². The van der Waals surface area contributed by atoms with E-state index >= 15 is 0 Å². The number of hydrogen-bond donors (Lipinski definition) is 0. The van der Waals surface area contributed by atoms with Crippen molar-refractivity contribution >= 4 is 81.9 Å². The molecule has 0 aliphatic carbocycles. The van der Waals surface area contributed by atoms with Crippen molar-refractivity contribution in [2.45, 2.75) is 0 Å². The minimum Gasteiger partial charge on any atom is -0.435 e. The molecule has 8 aromatic carbocycles. The van der Waals surface area contributed by atoms with E-state index in [0.717, 1.165) is 82.8 Å². The first-order valence-corrected chi connectivity index (χ1v) is 19.2. The highest BCUT2D eigenvalue weighted by Crippen LogP contribution is 2.45. The van der Waals surface area contributed by atoms with Crippen LogP contribution in [0, 0.1) is 0 Å². The molecule has 0 bridgehead atoms. The first-order chi connectivity index (χ1) is 28.3. The van der Waals surface area contributed by atoms with Gasteiger partial charge in [-0.2, -0.15) is 0 Å². The van der Waals surface area contributed by atoms with Gasteiger partial charge in [-0.1, -0.05) is 115 Å². The molecule has 0 aliphatic heterocycles. The summed E-state index contributed by atoms with van der Waals surface area (Å²) in [7, 11) is 0. The maximum absolute atomic E-state index is 6.69. The van der Waals surface area contributed by atoms with Gasteiger partial charge in [-0.3, -0.25) is 4.57 Å². The van der Waals surface area contributed by atoms with Gasteiger partial charge in [0.1, 0.15) is 5.52 Å². The SMILES string of the molecule is c1ccc(-c2nc3cc4c5ccccc5n5c6ccc(-c7cccc(-c8nc(-n9c%10ccccc%10c%10ccccc%109)nc9ccccc89)c7)cc6c(c3o2)c45)cc1. The number of aromatic nitrogens is 5. The van der Waals surface area contributed by atoms with Crippen LogP contribution in [0.1, 0.15) is 0 Å². The molecule has 6 nitrogen and oxygen atoms in total. The fraction of sp³-hybridized carbons (Fsp3) is 0. The molecule has 0 atom stereocenters. The lowest BCUT2D eigenvalue weighted by molar-refractivity contribution is 0.623. The number of fused-ring (bicyclic) bond motifs is 12. The Bertz CT molecular complexity index is 3710. The zero-order valence-electron chi connectivity index (χ0n) is 30.4. The Hall–Kier alpha value is -7.83. The van der Waals surface area contributed by atoms with Crippen molar-refractivity contribution in [2.24, 2.45) is 0 Å². The van der Waals surface area contributed by atoms with Gasteiger partial charge >= 0.3 is 0 Å². The summed E-state index contributed by atoms with van der Waals surface area (Å²) in [6.07, 6.45) is 0. The molecule has 0 unspecified atom stereocenters. The normalized spacial score (nSPS) is 12.2. The molecule has 0 saturated carbocycles. The topological polar surface area (TPSA) is 61.2 Å². The van der Waals surface area contributed by atoms with Crippen LogP contribution in [0.25, 0.3) is 122 Å². The fourth-order valence-corrected chi connectivity index (χ4v) is 9.19. The molecular formula is C51H29N5O. The predicted octanol–water partition coefficient (Wildman–Crippen LogP) is 13.0. The minimum absolute atomic E-state index is 0.625. The molecule has 6 heteroatoms. The molecule has 0 fully saturated rings. The zero-order chi connectivity index (χ0) is 37.2. The van der Waals surface area contributed by atoms with Gasteiger partial charge < -0.3 is 8.82 Å². The van der Waals surface area contributed by atoms with Crippen LogP contribution in [0.2, 0.25) is 0 Å². The first kappa shape index (κ1) is 30.5. The largest absolute Gasteiger partial charge is 0.435 e. The molecule has 0 radical (unpaired) electrons. The lowest BCUT2D eigenvalue weighted by Crippen LogP contribution is -2.03. The van der Waals surface area contributed by atoms with Crippen LogP contribution >= 0.6 is 0 Å². The van der Waals surface area contributed by atoms with Gasteiger partial charge in [0.25, 0.3) is 0 Å². The molecule has 13 aromatic rings. The summed E-state index contributed by atoms with van der Waals surface area (Å²) in [4.78, 5) is 15.6. The summed E-state index contributed by atoms with van der Waals surface area (Å²) in [5, 5.41) is 7.96. The Balaban J connectivity index is 1.03. The standard InChI is InChI=1S/C51H29N5O/c1-2-13-30(14-3-1)50-52-41-29-38-36-19-7-9-22-42(36)55-45-26-25-32(28-39(45)46(48(38)55)49(41)57-50)31-15-12-16-33(27-31)47-37-20-4-8-21-40(37)53-51(54-47)56-43-23-10-5-17-34(43)35-18-6-11-24-44(35)56/h1-29H. The lowest BCUT2D eigenvalue weighted by Gasteiger charge is -2.12. The van der Waals surface area contributed by atoms with Gasteiger partial charge in [0.05, 0.1) is 44.2 Å². The molecule has 5 aromatic heterocycles. The maximum atomic E-state index is 6.69. The second-order valence-electron chi connectivity index (χ2n) is 14.8. The van der Waals surface area contributed by atoms with Crippen molar-refractivity contribution < 1.29 is 4.42 Å². The fourth-order valence-electron chi connectivity index (χ4n) is 9.19. The maximum Gasteiger partial charge on any atom is 0.235 e. The quantitative estimate of drug-likeness (QED) is 0.181. The summed E-state index contributed by atoms with van der Waals surface area (Å²) < 4.78 is 11.3. The number of nitrogens with zero attached hydrogens (tertiary/aromatic N) is 5. The van der Waals surface area contributed by atoms with Gasteiger partial charge in [-0.05, 0) is 71.8 Å². The number of benzene rings is 8. The molecule has 57 heavy (non-hydrogen) atoms. The van der Waals surface area contributed by atoms with Crippen LogP contribution in [-0.4, -0.2) is 23.9 Å². The summed E-state index contributed by atoms with van der Waals surface area (Å²) >= 11 is 0. The smallest absolute Gasteiger partial charge is 0.235 e. The molecule has 5 heterocycles. The summed E-state index contributed by atoms with van der Waals surface area (Å²) in [6, 6.07) is 61.8. The number of hydrogen-bond acceptors (Lipinski definition) is 4. The minimum atomic E-state index is 0.625. The molecule has 0 spiro atoms. The molecule has 13 rings (SSSR count). The molecule has 0 aliphatic rings. The van der Waals surface area contributed by atoms with Crippen molar-refractivity contribution in [3.8, 4) is 39.8 Å². The van der Waals surface area contributed by atoms with E-state index in [2.05, 4.69) is 148 Å². The highest BCUT2D eigenvalue weighted by atomic mass is 16.3. The number of para-hydroxylation sites is 4. The van der Waals surface area contributed by atoms with E-state index in [-0.39, 0.29) is 0 Å². The van der Waals surface area contributed by atoms with Crippen molar-refractivity contribution in [1.82, 2.24) is 23.9 Å². The van der Waals surface area contributed by atoms with Crippen molar-refractivity contribution in [2.75, 3.05) is 0 Å². The third-order valence-electron chi connectivity index (χ3n) is 11.7. The van der Waals surface area contributed by atoms with Gasteiger partial charge in [0.15, 0.2) is 5.58 Å². The number of rotatable bonds is 4. The van der Waals surface area contributed by atoms with E-state index in [9.17, 15) is 0 Å². The Morgan fingerprint density at radius 1 is 0.386 bits per heavy atom. The third kappa shape index (κ3) is 4.26. The molecule has 0 saturated heterocycles. The Morgan fingerprint density at radius 2 is 1.00 bits per heavy atom. The zero-order valence-corrected chi connectivity index (χ0v) is 30.4. The van der Waals surface area contributed by atoms with Crippen LogP contribution in [0.15, 0.2) is 180 Å². The molecule has 0 amide bonds. The molecule has 0 N–H and O–H groups in total. The predicted molar refractivity (Wildman–Crippen MR) is 232 cm³/mol. The van der Waals surface area contributed by atoms with E-state index in [0.29, 0.717) is 11.8 Å². The summed E-state index contributed by atoms with van der Waals surface area (Å²) in [5.74, 6) is 1.28. The second kappa shape index (κ2) is 11.4. The van der Waals surface area contributed by atoms with Gasteiger partial charge in [0.2, 0.25) is 11.8 Å². The highest BCUT2D eigenvalue weighted by molar-refractivity contribution is 6.30. The van der Waals surface area contributed by atoms with E-state index in [1.807, 2.05) is 36.4 Å². The van der Waals surface area contributed by atoms with Crippen LogP contribution in [0.4, 0.5) is 0 Å². The van der Waals surface area contributed by atoms with Crippen LogP contribution in [-0.2, 0) is 0 Å². The van der Waals surface area contributed by atoms with Gasteiger partial charge in [-0.15, -0.1) is 0 Å². The van der Waals surface area contributed by atoms with Crippen LogP contribution < -0.4 is 0 Å². The van der Waals surface area contributed by atoms with E-state index in [1.165, 1.54) is 27.1 Å². The van der Waals surface area contributed by atoms with Crippen LogP contribution in [0.3, 0.4) is 0 Å². The lowest BCUT2D eigenvalue weighted by atomic mass is 9.98. The average Bonchev–Trinajstić information content (AvgIpc) is 4.03. The molecule has 264 valence electrons. The second-order valence-corrected chi connectivity index (χ2v) is 14.8. The average molecular weight is 728 g/mol. The van der Waals surface area contributed by atoms with E-state index < -0.39 is 0 Å². The number of oxazole rings is 1. The first-order valence-electron chi connectivity index (χ1n) is 19.2. The summed E-state index contributed by atoms with van der Waals surface area (Å²) in [5.41, 5.74) is 13.3. The Morgan fingerprint density at radius 3 is 1.79 bits per heavy atom. The molecular weight excluding hydrogens is 699 g/mol. The highest BCUT2D eigenvalue weighted by Gasteiger charge is 2.24. The van der Waals surface area contributed by atoms with Crippen LogP contribution in [0.5, 0.6) is 0 Å². The Labute approximate surface area is 324 Å². The van der Waals surface area contributed by atoms with Gasteiger partial charge in [-0.25, -0.2) is 15.0 Å². The van der Waals surface area contributed by atoms with Gasteiger partial charge in [0, 0.05) is 43.4 Å². The van der Waals surface area contributed by atoms with Crippen molar-refractivity contribution in [3.63, 3.8) is 0 Å². The summed E-state index contributed by atoms with van der Waals surface area (Å²) in [6.45, 7) is 0. The third-order valence-corrected chi connectivity index (χ3v) is 11.7. The van der Waals surface area contributed by atoms with Crippen molar-refractivity contribution in [3.05, 3.63) is 176 Å². The van der Waals surface area contributed by atoms with E-state index in [4.69, 9.17) is 19.4 Å². The van der Waals surface area contributed by atoms with Crippen molar-refractivity contribution in [1.29, 1.82) is 0 Å². The Kier molecular flexibility index (Phi) is 6.07.